The predicted octanol–water partition coefficient (Wildman–Crippen LogP) is 2.33. The van der Waals surface area contributed by atoms with Gasteiger partial charge in [-0.2, -0.15) is 0 Å². The molecule has 2 heterocycles. The van der Waals surface area contributed by atoms with Crippen LogP contribution in [0.3, 0.4) is 0 Å². The monoisotopic (exact) mass is 321 g/mol. The molecule has 3 nitrogen and oxygen atoms in total. The average molecular weight is 321 g/mol. The number of piperidine rings is 1. The van der Waals surface area contributed by atoms with Crippen molar-refractivity contribution >= 4 is 11.6 Å². The van der Waals surface area contributed by atoms with Crippen molar-refractivity contribution in [2.24, 2.45) is 0 Å². The minimum absolute atomic E-state index is 0.146. The fourth-order valence-electron chi connectivity index (χ4n) is 4.30. The predicted molar refractivity (Wildman–Crippen MR) is 96.9 cm³/mol. The van der Waals surface area contributed by atoms with Gasteiger partial charge in [-0.15, -0.1) is 0 Å². The number of hydrogen-bond acceptors (Lipinski definition) is 1. The number of nitrogens with zero attached hydrogens (tertiary/aromatic N) is 1. The van der Waals surface area contributed by atoms with Crippen LogP contribution >= 0.6 is 0 Å². The number of nitrogens with one attached hydrogen (secondary N) is 1. The molecular weight excluding hydrogens is 296 g/mol. The second-order valence-electron chi connectivity index (χ2n) is 7.48. The van der Waals surface area contributed by atoms with E-state index in [2.05, 4.69) is 44.0 Å². The molecule has 3 heteroatoms. The van der Waals surface area contributed by atoms with E-state index in [1.54, 1.807) is 4.90 Å². The molecule has 24 heavy (non-hydrogen) atoms. The fraction of sp³-hybridized carbons (Fsp3) is 0.381. The smallest absolute Gasteiger partial charge is 0.258 e. The summed E-state index contributed by atoms with van der Waals surface area (Å²) in [5.41, 5.74) is 5.74. The summed E-state index contributed by atoms with van der Waals surface area (Å²) in [6.07, 6.45) is 1.07. The first-order valence-corrected chi connectivity index (χ1v) is 8.86. The van der Waals surface area contributed by atoms with Crippen molar-refractivity contribution < 1.29 is 9.69 Å². The normalized spacial score (nSPS) is 25.3. The molecule has 0 spiro atoms. The van der Waals surface area contributed by atoms with E-state index in [9.17, 15) is 4.79 Å². The van der Waals surface area contributed by atoms with E-state index < -0.39 is 0 Å². The van der Waals surface area contributed by atoms with E-state index in [-0.39, 0.29) is 5.91 Å². The number of fused-ring (bicyclic) bond motifs is 3. The molecule has 0 aliphatic carbocycles. The Kier molecular flexibility index (Phi) is 3.69. The number of likely N-dealkylation sites (tertiary alicyclic amines) is 1. The van der Waals surface area contributed by atoms with Gasteiger partial charge in [0.25, 0.3) is 5.91 Å². The van der Waals surface area contributed by atoms with Crippen LogP contribution < -0.4 is 9.80 Å². The fourth-order valence-corrected chi connectivity index (χ4v) is 4.30. The van der Waals surface area contributed by atoms with E-state index in [0.717, 1.165) is 30.8 Å². The van der Waals surface area contributed by atoms with Crippen LogP contribution in [0.25, 0.3) is 0 Å². The van der Waals surface area contributed by atoms with Gasteiger partial charge in [-0.05, 0) is 37.6 Å². The zero-order chi connectivity index (χ0) is 16.8. The summed E-state index contributed by atoms with van der Waals surface area (Å²) in [6.45, 7) is 6.43. The lowest BCUT2D eigenvalue weighted by Crippen LogP contribution is -3.11. The van der Waals surface area contributed by atoms with Crippen LogP contribution in [0.5, 0.6) is 0 Å². The molecule has 2 aliphatic heterocycles. The van der Waals surface area contributed by atoms with Gasteiger partial charge in [0.15, 0.2) is 0 Å². The highest BCUT2D eigenvalue weighted by Crippen LogP contribution is 2.43. The summed E-state index contributed by atoms with van der Waals surface area (Å²) >= 11 is 0. The molecular formula is C21H25N2O+. The molecule has 124 valence electrons. The third-order valence-electron chi connectivity index (χ3n) is 5.59. The summed E-state index contributed by atoms with van der Waals surface area (Å²) in [6, 6.07) is 14.8. The Morgan fingerprint density at radius 1 is 1.08 bits per heavy atom. The molecule has 2 aromatic carbocycles. The SMILES string of the molecule is Cc1ccc(C(=O)N2c3ccc(C)cc3[C@@H]3C[NH+](C)CC[C@H]32)cc1. The molecule has 3 atom stereocenters. The maximum absolute atomic E-state index is 13.3. The van der Waals surface area contributed by atoms with Crippen molar-refractivity contribution in [3.8, 4) is 0 Å². The number of aryl methyl sites for hydroxylation is 2. The van der Waals surface area contributed by atoms with E-state index in [1.807, 2.05) is 24.3 Å². The number of benzene rings is 2. The Morgan fingerprint density at radius 3 is 2.54 bits per heavy atom. The minimum atomic E-state index is 0.146. The topological polar surface area (TPSA) is 24.8 Å². The van der Waals surface area contributed by atoms with Crippen molar-refractivity contribution in [2.45, 2.75) is 32.2 Å². The Labute approximate surface area is 143 Å². The Bertz CT molecular complexity index is 781. The van der Waals surface area contributed by atoms with E-state index in [0.29, 0.717) is 12.0 Å². The Balaban J connectivity index is 1.77. The number of carbonyl (C=O) groups excluding carboxylic acids is 1. The number of quaternary nitrogens is 1. The number of hydrogen-bond donors (Lipinski definition) is 1. The minimum Gasteiger partial charge on any atom is -0.337 e. The highest BCUT2D eigenvalue weighted by molar-refractivity contribution is 6.08. The molecule has 2 aliphatic rings. The first kappa shape index (κ1) is 15.4. The lowest BCUT2D eigenvalue weighted by Gasteiger charge is -2.34. The number of amides is 1. The van der Waals surface area contributed by atoms with Gasteiger partial charge in [0.05, 0.1) is 32.1 Å². The van der Waals surface area contributed by atoms with Gasteiger partial charge < -0.3 is 9.80 Å². The summed E-state index contributed by atoms with van der Waals surface area (Å²) < 4.78 is 0. The third kappa shape index (κ3) is 2.44. The summed E-state index contributed by atoms with van der Waals surface area (Å²) in [5, 5.41) is 0. The van der Waals surface area contributed by atoms with E-state index in [1.165, 1.54) is 16.7 Å². The van der Waals surface area contributed by atoms with Crippen molar-refractivity contribution in [3.63, 3.8) is 0 Å². The lowest BCUT2D eigenvalue weighted by molar-refractivity contribution is -0.886. The van der Waals surface area contributed by atoms with E-state index >= 15 is 0 Å². The van der Waals surface area contributed by atoms with Crippen molar-refractivity contribution in [2.75, 3.05) is 25.0 Å². The lowest BCUT2D eigenvalue weighted by atomic mass is 9.88. The van der Waals surface area contributed by atoms with Gasteiger partial charge in [-0.25, -0.2) is 0 Å². The molecule has 0 radical (unpaired) electrons. The number of anilines is 1. The second kappa shape index (κ2) is 5.75. The standard InChI is InChI=1S/C21H24N2O/c1-14-4-7-16(8-5-14)21(24)23-19-9-6-15(2)12-17(19)18-13-22(3)11-10-20(18)23/h4-9,12,18,20H,10-11,13H2,1-3H3/p+1/t18-,20+/m0/s1. The Morgan fingerprint density at radius 2 is 1.79 bits per heavy atom. The van der Waals surface area contributed by atoms with E-state index in [4.69, 9.17) is 0 Å². The summed E-state index contributed by atoms with van der Waals surface area (Å²) in [5.74, 6) is 0.607. The van der Waals surface area contributed by atoms with Gasteiger partial charge in [0, 0.05) is 17.7 Å². The average Bonchev–Trinajstić information content (AvgIpc) is 2.88. The van der Waals surface area contributed by atoms with Crippen molar-refractivity contribution in [1.29, 1.82) is 0 Å². The third-order valence-corrected chi connectivity index (χ3v) is 5.59. The first-order chi connectivity index (χ1) is 11.5. The van der Waals surface area contributed by atoms with Gasteiger partial charge in [0.1, 0.15) is 0 Å². The molecule has 1 fully saturated rings. The first-order valence-electron chi connectivity index (χ1n) is 8.86. The molecule has 1 amide bonds. The Hall–Kier alpha value is -2.13. The maximum Gasteiger partial charge on any atom is 0.258 e. The largest absolute Gasteiger partial charge is 0.337 e. The van der Waals surface area contributed by atoms with Crippen LogP contribution in [0.1, 0.15) is 39.4 Å². The quantitative estimate of drug-likeness (QED) is 0.857. The van der Waals surface area contributed by atoms with Crippen molar-refractivity contribution in [3.05, 3.63) is 64.7 Å². The van der Waals surface area contributed by atoms with Crippen LogP contribution in [0.2, 0.25) is 0 Å². The van der Waals surface area contributed by atoms with Gasteiger partial charge in [0.2, 0.25) is 0 Å². The number of rotatable bonds is 1. The van der Waals surface area contributed by atoms with Gasteiger partial charge >= 0.3 is 0 Å². The number of likely N-dealkylation sites (N-methyl/N-ethyl adjacent to an activating group) is 1. The van der Waals surface area contributed by atoms with Crippen LogP contribution in [-0.4, -0.2) is 32.1 Å². The summed E-state index contributed by atoms with van der Waals surface area (Å²) in [7, 11) is 2.26. The molecule has 1 saturated heterocycles. The summed E-state index contributed by atoms with van der Waals surface area (Å²) in [4.78, 5) is 16.9. The van der Waals surface area contributed by atoms with Crippen LogP contribution in [0, 0.1) is 13.8 Å². The molecule has 1 N–H and O–H groups in total. The van der Waals surface area contributed by atoms with Crippen molar-refractivity contribution in [1.82, 2.24) is 0 Å². The zero-order valence-electron chi connectivity index (χ0n) is 14.7. The van der Waals surface area contributed by atoms with Crippen LogP contribution in [-0.2, 0) is 0 Å². The highest BCUT2D eigenvalue weighted by atomic mass is 16.2. The second-order valence-corrected chi connectivity index (χ2v) is 7.48. The molecule has 0 bridgehead atoms. The van der Waals surface area contributed by atoms with Gasteiger partial charge in [-0.3, -0.25) is 4.79 Å². The van der Waals surface area contributed by atoms with Gasteiger partial charge in [-0.1, -0.05) is 35.4 Å². The van der Waals surface area contributed by atoms with Crippen LogP contribution in [0.4, 0.5) is 5.69 Å². The zero-order valence-corrected chi connectivity index (χ0v) is 14.7. The molecule has 4 rings (SSSR count). The molecule has 2 aromatic rings. The van der Waals surface area contributed by atoms with Crippen LogP contribution in [0.15, 0.2) is 42.5 Å². The highest BCUT2D eigenvalue weighted by Gasteiger charge is 2.45. The molecule has 0 saturated carbocycles. The number of carbonyl (C=O) groups is 1. The maximum atomic E-state index is 13.3. The molecule has 0 aromatic heterocycles. The molecule has 1 unspecified atom stereocenters.